The van der Waals surface area contributed by atoms with Gasteiger partial charge in [-0.25, -0.2) is 8.42 Å². The Bertz CT molecular complexity index is 1120. The molecule has 1 saturated heterocycles. The van der Waals surface area contributed by atoms with E-state index in [1.54, 1.807) is 24.3 Å². The van der Waals surface area contributed by atoms with Gasteiger partial charge in [-0.3, -0.25) is 15.1 Å². The van der Waals surface area contributed by atoms with Crippen molar-refractivity contribution in [3.63, 3.8) is 0 Å². The minimum atomic E-state index is -3.40. The van der Waals surface area contributed by atoms with Crippen LogP contribution >= 0.6 is 0 Å². The Hall–Kier alpha value is -2.71. The van der Waals surface area contributed by atoms with Crippen LogP contribution in [0.2, 0.25) is 0 Å². The minimum absolute atomic E-state index is 0.00135. The number of hydrogen-bond donors (Lipinski definition) is 3. The van der Waals surface area contributed by atoms with Crippen LogP contribution in [0.3, 0.4) is 0 Å². The van der Waals surface area contributed by atoms with Crippen molar-refractivity contribution in [2.75, 3.05) is 19.0 Å². The molecule has 7 nitrogen and oxygen atoms in total. The lowest BCUT2D eigenvalue weighted by atomic mass is 9.84. The van der Waals surface area contributed by atoms with Gasteiger partial charge in [0.2, 0.25) is 5.91 Å². The summed E-state index contributed by atoms with van der Waals surface area (Å²) in [4.78, 5) is 14.9. The Kier molecular flexibility index (Phi) is 8.23. The van der Waals surface area contributed by atoms with E-state index in [4.69, 9.17) is 11.1 Å². The van der Waals surface area contributed by atoms with E-state index in [-0.39, 0.29) is 23.5 Å². The van der Waals surface area contributed by atoms with Crippen LogP contribution in [0.4, 0.5) is 0 Å². The fourth-order valence-corrected chi connectivity index (χ4v) is 6.60. The third-order valence-corrected chi connectivity index (χ3v) is 9.05. The first-order valence-electron chi connectivity index (χ1n) is 12.6. The molecule has 0 radical (unpaired) electrons. The van der Waals surface area contributed by atoms with Gasteiger partial charge in [0.15, 0.2) is 9.84 Å². The lowest BCUT2D eigenvalue weighted by Crippen LogP contribution is -2.42. The van der Waals surface area contributed by atoms with Gasteiger partial charge in [-0.2, -0.15) is 0 Å². The zero-order chi connectivity index (χ0) is 24.8. The second-order valence-electron chi connectivity index (χ2n) is 9.87. The molecule has 0 aromatic heterocycles. The molecule has 0 spiro atoms. The van der Waals surface area contributed by atoms with Gasteiger partial charge in [0.05, 0.1) is 4.90 Å². The van der Waals surface area contributed by atoms with Gasteiger partial charge >= 0.3 is 0 Å². The molecule has 1 aliphatic carbocycles. The van der Waals surface area contributed by atoms with Crippen LogP contribution in [0.5, 0.6) is 0 Å². The molecule has 2 aromatic rings. The van der Waals surface area contributed by atoms with Gasteiger partial charge in [0.25, 0.3) is 0 Å². The van der Waals surface area contributed by atoms with Gasteiger partial charge in [-0.15, -0.1) is 0 Å². The minimum Gasteiger partial charge on any atom is -0.384 e. The lowest BCUT2D eigenvalue weighted by Gasteiger charge is -2.31. The highest BCUT2D eigenvalue weighted by molar-refractivity contribution is 7.91. The average Bonchev–Trinajstić information content (AvgIpc) is 2.88. The highest BCUT2D eigenvalue weighted by atomic mass is 32.2. The Balaban J connectivity index is 1.24. The number of amides is 1. The van der Waals surface area contributed by atoms with E-state index >= 15 is 0 Å². The van der Waals surface area contributed by atoms with Crippen LogP contribution in [0.1, 0.15) is 67.6 Å². The normalized spacial score (nSPS) is 18.3. The summed E-state index contributed by atoms with van der Waals surface area (Å²) in [6, 6.07) is 14.8. The number of nitrogens with one attached hydrogen (secondary N) is 2. The van der Waals surface area contributed by atoms with E-state index in [1.807, 2.05) is 29.2 Å². The van der Waals surface area contributed by atoms with E-state index in [0.29, 0.717) is 48.9 Å². The van der Waals surface area contributed by atoms with E-state index in [9.17, 15) is 13.2 Å². The number of rotatable bonds is 8. The van der Waals surface area contributed by atoms with Crippen LogP contribution in [0, 0.1) is 11.3 Å². The van der Waals surface area contributed by atoms with Crippen molar-refractivity contribution in [1.82, 2.24) is 10.2 Å². The molecule has 1 saturated carbocycles. The van der Waals surface area contributed by atoms with Gasteiger partial charge in [-0.1, -0.05) is 55.7 Å². The van der Waals surface area contributed by atoms with Crippen LogP contribution in [-0.4, -0.2) is 44.0 Å². The number of sulfone groups is 1. The molecule has 2 fully saturated rings. The Morgan fingerprint density at radius 1 is 0.943 bits per heavy atom. The molecule has 2 aliphatic rings. The van der Waals surface area contributed by atoms with Crippen molar-refractivity contribution in [3.8, 4) is 0 Å². The third kappa shape index (κ3) is 6.70. The lowest BCUT2D eigenvalue weighted by molar-refractivity contribution is -0.126. The number of nitrogens with zero attached hydrogens (tertiary/aromatic N) is 1. The zero-order valence-electron chi connectivity index (χ0n) is 20.2. The van der Waals surface area contributed by atoms with Crippen molar-refractivity contribution in [2.24, 2.45) is 11.7 Å². The van der Waals surface area contributed by atoms with Gasteiger partial charge in [-0.05, 0) is 68.0 Å². The molecule has 1 heterocycles. The molecule has 4 N–H and O–H groups in total. The summed E-state index contributed by atoms with van der Waals surface area (Å²) in [5, 5.41) is 10.4. The number of piperidine rings is 1. The maximum Gasteiger partial charge on any atom is 0.223 e. The molecule has 1 amide bonds. The fourth-order valence-electron chi connectivity index (χ4n) is 5.16. The molecule has 188 valence electrons. The SMILES string of the molecule is N=C(N)c1ccc(CNC(=O)C2CCN(CS(=O)(=O)c3ccc(C4CCCCC4)cc3)CC2)cc1. The van der Waals surface area contributed by atoms with Crippen LogP contribution in [-0.2, 0) is 21.2 Å². The largest absolute Gasteiger partial charge is 0.384 e. The molecule has 0 bridgehead atoms. The monoisotopic (exact) mass is 496 g/mol. The van der Waals surface area contributed by atoms with Gasteiger partial charge in [0.1, 0.15) is 11.7 Å². The summed E-state index contributed by atoms with van der Waals surface area (Å²) >= 11 is 0. The van der Waals surface area contributed by atoms with Crippen molar-refractivity contribution in [3.05, 3.63) is 65.2 Å². The number of carbonyl (C=O) groups is 1. The number of carbonyl (C=O) groups excluding carboxylic acids is 1. The fraction of sp³-hybridized carbons (Fsp3) is 0.481. The first-order chi connectivity index (χ1) is 16.8. The van der Waals surface area contributed by atoms with Crippen molar-refractivity contribution in [1.29, 1.82) is 5.41 Å². The molecular formula is C27H36N4O3S. The zero-order valence-corrected chi connectivity index (χ0v) is 21.0. The summed E-state index contributed by atoms with van der Waals surface area (Å²) in [6.45, 7) is 1.60. The van der Waals surface area contributed by atoms with Crippen LogP contribution in [0.25, 0.3) is 0 Å². The summed E-state index contributed by atoms with van der Waals surface area (Å²) in [5.41, 5.74) is 8.33. The number of benzene rings is 2. The smallest absolute Gasteiger partial charge is 0.223 e. The van der Waals surface area contributed by atoms with Gasteiger partial charge < -0.3 is 11.1 Å². The topological polar surface area (TPSA) is 116 Å². The van der Waals surface area contributed by atoms with E-state index in [0.717, 1.165) is 5.56 Å². The number of nitrogens with two attached hydrogens (primary N) is 1. The molecule has 4 rings (SSSR count). The maximum atomic E-state index is 13.0. The second-order valence-corrected chi connectivity index (χ2v) is 11.8. The molecule has 35 heavy (non-hydrogen) atoms. The number of amidine groups is 1. The highest BCUT2D eigenvalue weighted by Crippen LogP contribution is 2.33. The highest BCUT2D eigenvalue weighted by Gasteiger charge is 2.28. The van der Waals surface area contributed by atoms with Crippen LogP contribution < -0.4 is 11.1 Å². The summed E-state index contributed by atoms with van der Waals surface area (Å²) in [6.07, 6.45) is 7.50. The van der Waals surface area contributed by atoms with E-state index in [1.165, 1.54) is 37.7 Å². The molecule has 0 unspecified atom stereocenters. The number of nitrogen functional groups attached to an aromatic ring is 1. The quantitative estimate of drug-likeness (QED) is 0.380. The van der Waals surface area contributed by atoms with Gasteiger partial charge in [0, 0.05) is 18.0 Å². The summed E-state index contributed by atoms with van der Waals surface area (Å²) in [5.74, 6) is 0.463. The Morgan fingerprint density at radius 3 is 2.17 bits per heavy atom. The maximum absolute atomic E-state index is 13.0. The molecule has 1 aliphatic heterocycles. The average molecular weight is 497 g/mol. The van der Waals surface area contributed by atoms with Crippen molar-refractivity contribution < 1.29 is 13.2 Å². The van der Waals surface area contributed by atoms with Crippen molar-refractivity contribution >= 4 is 21.6 Å². The Morgan fingerprint density at radius 2 is 1.57 bits per heavy atom. The number of hydrogen-bond acceptors (Lipinski definition) is 5. The van der Waals surface area contributed by atoms with Crippen molar-refractivity contribution in [2.45, 2.75) is 62.3 Å². The summed E-state index contributed by atoms with van der Waals surface area (Å²) in [7, 11) is -3.40. The molecule has 8 heteroatoms. The number of likely N-dealkylation sites (tertiary alicyclic amines) is 1. The predicted molar refractivity (Wildman–Crippen MR) is 138 cm³/mol. The summed E-state index contributed by atoms with van der Waals surface area (Å²) < 4.78 is 26.0. The third-order valence-electron chi connectivity index (χ3n) is 7.36. The molecular weight excluding hydrogens is 460 g/mol. The second kappa shape index (κ2) is 11.4. The Labute approximate surface area is 208 Å². The first-order valence-corrected chi connectivity index (χ1v) is 14.2. The van der Waals surface area contributed by atoms with E-state index < -0.39 is 9.84 Å². The van der Waals surface area contributed by atoms with E-state index in [2.05, 4.69) is 5.32 Å². The standard InChI is InChI=1S/C27H36N4O3S/c28-26(29)23-8-6-20(7-9-23)18-30-27(32)24-14-16-31(17-15-24)19-35(33,34)25-12-10-22(11-13-25)21-4-2-1-3-5-21/h6-13,21,24H,1-5,14-19H2,(H3,28,29)(H,30,32). The first kappa shape index (κ1) is 25.4. The molecule has 0 atom stereocenters. The molecule has 2 aromatic carbocycles. The predicted octanol–water partition coefficient (Wildman–Crippen LogP) is 3.78. The van der Waals surface area contributed by atoms with Crippen LogP contribution in [0.15, 0.2) is 53.4 Å².